The number of rotatable bonds is 46. The number of hydrogen-bond donors (Lipinski definition) is 3. The first-order valence-corrected chi connectivity index (χ1v) is 26.1. The van der Waals surface area contributed by atoms with Gasteiger partial charge < -0.3 is 20.3 Å². The summed E-state index contributed by atoms with van der Waals surface area (Å²) in [5, 5.41) is 23.8. The zero-order valence-electron chi connectivity index (χ0n) is 40.3. The van der Waals surface area contributed by atoms with Gasteiger partial charge in [0.25, 0.3) is 0 Å². The maximum Gasteiger partial charge on any atom is 0.306 e. The van der Waals surface area contributed by atoms with Crippen LogP contribution in [0.25, 0.3) is 0 Å². The fourth-order valence-electron chi connectivity index (χ4n) is 7.76. The van der Waals surface area contributed by atoms with Gasteiger partial charge in [0.2, 0.25) is 5.91 Å². The average Bonchev–Trinajstić information content (AvgIpc) is 3.25. The van der Waals surface area contributed by atoms with Gasteiger partial charge in [-0.25, -0.2) is 0 Å². The fourth-order valence-corrected chi connectivity index (χ4v) is 7.76. The van der Waals surface area contributed by atoms with Crippen LogP contribution in [0.1, 0.15) is 252 Å². The van der Waals surface area contributed by atoms with Crippen molar-refractivity contribution in [2.24, 2.45) is 0 Å². The molecule has 0 aromatic carbocycles. The summed E-state index contributed by atoms with van der Waals surface area (Å²) in [7, 11) is 0. The van der Waals surface area contributed by atoms with Crippen LogP contribution in [0.15, 0.2) is 60.8 Å². The van der Waals surface area contributed by atoms with Crippen molar-refractivity contribution in [3.05, 3.63) is 60.8 Å². The molecule has 0 saturated carbocycles. The molecule has 0 spiro atoms. The minimum Gasteiger partial charge on any atom is -0.462 e. The lowest BCUT2D eigenvalue weighted by atomic mass is 10.0. The van der Waals surface area contributed by atoms with E-state index in [0.717, 1.165) is 70.6 Å². The molecule has 0 rings (SSSR count). The minimum atomic E-state index is -0.800. The van der Waals surface area contributed by atoms with E-state index in [2.05, 4.69) is 50.4 Å². The van der Waals surface area contributed by atoms with Crippen molar-refractivity contribution in [1.29, 1.82) is 0 Å². The van der Waals surface area contributed by atoms with E-state index >= 15 is 0 Å². The van der Waals surface area contributed by atoms with Gasteiger partial charge in [0.15, 0.2) is 0 Å². The molecular formula is C55H99NO5. The van der Waals surface area contributed by atoms with Crippen LogP contribution in [0.4, 0.5) is 0 Å². The van der Waals surface area contributed by atoms with E-state index in [0.29, 0.717) is 19.3 Å². The third-order valence-electron chi connectivity index (χ3n) is 11.7. The van der Waals surface area contributed by atoms with Crippen LogP contribution in [0.5, 0.6) is 0 Å². The SMILES string of the molecule is CCC/C=C/C=C/C=C/C=C/C=C/CCCCCC(CC(=O)NC(CO)C(O)CCCCCCCCCCCCCCCCCCC)OC(=O)CCCCCCCCCCC. The molecule has 0 heterocycles. The highest BCUT2D eigenvalue weighted by Crippen LogP contribution is 2.18. The second-order valence-corrected chi connectivity index (χ2v) is 17.7. The second-order valence-electron chi connectivity index (χ2n) is 17.7. The fraction of sp³-hybridized carbons (Fsp3) is 0.782. The summed E-state index contributed by atoms with van der Waals surface area (Å²) in [6, 6.07) is -0.715. The lowest BCUT2D eigenvalue weighted by Gasteiger charge is -2.24. The molecule has 3 unspecified atom stereocenters. The van der Waals surface area contributed by atoms with Crippen molar-refractivity contribution < 1.29 is 24.5 Å². The van der Waals surface area contributed by atoms with Crippen LogP contribution in [-0.4, -0.2) is 46.9 Å². The number of ether oxygens (including phenoxy) is 1. The quantitative estimate of drug-likeness (QED) is 0.0322. The predicted octanol–water partition coefficient (Wildman–Crippen LogP) is 15.6. The number of amides is 1. The number of carbonyl (C=O) groups is 2. The largest absolute Gasteiger partial charge is 0.462 e. The number of hydrogen-bond acceptors (Lipinski definition) is 5. The number of unbranched alkanes of at least 4 members (excludes halogenated alkanes) is 28. The highest BCUT2D eigenvalue weighted by Gasteiger charge is 2.24. The first-order valence-electron chi connectivity index (χ1n) is 26.1. The summed E-state index contributed by atoms with van der Waals surface area (Å²) < 4.78 is 5.90. The Balaban J connectivity index is 4.57. The van der Waals surface area contributed by atoms with Crippen LogP contribution in [0, 0.1) is 0 Å². The monoisotopic (exact) mass is 854 g/mol. The van der Waals surface area contributed by atoms with E-state index in [1.807, 2.05) is 36.5 Å². The molecule has 3 N–H and O–H groups in total. The number of allylic oxidation sites excluding steroid dienone is 10. The molecule has 0 radical (unpaired) electrons. The molecule has 0 bridgehead atoms. The van der Waals surface area contributed by atoms with Crippen LogP contribution < -0.4 is 5.32 Å². The van der Waals surface area contributed by atoms with Crippen molar-refractivity contribution in [2.45, 2.75) is 270 Å². The van der Waals surface area contributed by atoms with Crippen molar-refractivity contribution in [2.75, 3.05) is 6.61 Å². The molecule has 6 heteroatoms. The molecule has 0 aromatic rings. The smallest absolute Gasteiger partial charge is 0.306 e. The van der Waals surface area contributed by atoms with Gasteiger partial charge in [0, 0.05) is 6.42 Å². The van der Waals surface area contributed by atoms with Gasteiger partial charge >= 0.3 is 5.97 Å². The van der Waals surface area contributed by atoms with E-state index < -0.39 is 18.2 Å². The number of aliphatic hydroxyl groups is 2. The standard InChI is InChI=1S/C55H99NO5/c1-4-7-10-13-16-19-21-23-25-27-29-31-33-36-38-41-44-47-53(58)52(50-57)56-54(59)49-51(61-55(60)48-45-42-39-34-18-15-12-9-6-3)46-43-40-37-35-32-30-28-26-24-22-20-17-14-11-8-5-2/h11,14,17,20,22,24,26,28,30,32,51-53,57-58H,4-10,12-13,15-16,18-19,21,23,25,27,29,31,33-50H2,1-3H3,(H,56,59)/b14-11+,20-17+,24-22+,28-26+,32-30+. The van der Waals surface area contributed by atoms with Gasteiger partial charge in [0.1, 0.15) is 6.10 Å². The Kier molecular flexibility index (Phi) is 46.6. The van der Waals surface area contributed by atoms with E-state index in [1.54, 1.807) is 0 Å². The normalized spacial score (nSPS) is 13.7. The first-order chi connectivity index (χ1) is 30.0. The van der Waals surface area contributed by atoms with E-state index in [1.165, 1.54) is 135 Å². The molecule has 6 nitrogen and oxygen atoms in total. The van der Waals surface area contributed by atoms with Gasteiger partial charge in [0.05, 0.1) is 25.2 Å². The predicted molar refractivity (Wildman–Crippen MR) is 264 cm³/mol. The van der Waals surface area contributed by atoms with E-state index in [-0.39, 0.29) is 24.9 Å². The average molecular weight is 854 g/mol. The van der Waals surface area contributed by atoms with Crippen LogP contribution >= 0.6 is 0 Å². The van der Waals surface area contributed by atoms with Gasteiger partial charge in [-0.3, -0.25) is 9.59 Å². The molecule has 61 heavy (non-hydrogen) atoms. The van der Waals surface area contributed by atoms with Crippen molar-refractivity contribution in [3.8, 4) is 0 Å². The van der Waals surface area contributed by atoms with E-state index in [9.17, 15) is 19.8 Å². The van der Waals surface area contributed by atoms with Gasteiger partial charge in [-0.1, -0.05) is 255 Å². The summed E-state index contributed by atoms with van der Waals surface area (Å²) in [6.45, 7) is 6.37. The molecule has 0 aliphatic heterocycles. The molecule has 0 saturated heterocycles. The number of aliphatic hydroxyl groups excluding tert-OH is 2. The third-order valence-corrected chi connectivity index (χ3v) is 11.7. The first kappa shape index (κ1) is 58.6. The Bertz CT molecular complexity index is 1090. The summed E-state index contributed by atoms with van der Waals surface area (Å²) >= 11 is 0. The Morgan fingerprint density at radius 2 is 0.869 bits per heavy atom. The Labute approximate surface area is 378 Å². The Hall–Kier alpha value is -2.44. The summed E-state index contributed by atoms with van der Waals surface area (Å²) in [6.07, 6.45) is 59.9. The minimum absolute atomic E-state index is 0.0499. The Morgan fingerprint density at radius 1 is 0.475 bits per heavy atom. The molecule has 0 aliphatic carbocycles. The molecule has 0 aliphatic rings. The van der Waals surface area contributed by atoms with Gasteiger partial charge in [-0.15, -0.1) is 0 Å². The molecule has 0 aromatic heterocycles. The van der Waals surface area contributed by atoms with Crippen molar-refractivity contribution in [3.63, 3.8) is 0 Å². The van der Waals surface area contributed by atoms with Crippen LogP contribution in [0.2, 0.25) is 0 Å². The number of nitrogens with one attached hydrogen (secondary N) is 1. The van der Waals surface area contributed by atoms with Crippen LogP contribution in [0.3, 0.4) is 0 Å². The number of carbonyl (C=O) groups excluding carboxylic acids is 2. The van der Waals surface area contributed by atoms with Crippen molar-refractivity contribution in [1.82, 2.24) is 5.32 Å². The summed E-state index contributed by atoms with van der Waals surface area (Å²) in [5.74, 6) is -0.515. The van der Waals surface area contributed by atoms with Crippen LogP contribution in [-0.2, 0) is 14.3 Å². The molecule has 3 atom stereocenters. The third kappa shape index (κ3) is 44.0. The van der Waals surface area contributed by atoms with Gasteiger partial charge in [-0.05, 0) is 44.9 Å². The zero-order chi connectivity index (χ0) is 44.5. The second kappa shape index (κ2) is 48.6. The maximum absolute atomic E-state index is 13.2. The lowest BCUT2D eigenvalue weighted by molar-refractivity contribution is -0.151. The number of esters is 1. The van der Waals surface area contributed by atoms with Gasteiger partial charge in [-0.2, -0.15) is 0 Å². The lowest BCUT2D eigenvalue weighted by Crippen LogP contribution is -2.46. The Morgan fingerprint density at radius 3 is 1.33 bits per heavy atom. The molecule has 0 fully saturated rings. The zero-order valence-corrected chi connectivity index (χ0v) is 40.3. The summed E-state index contributed by atoms with van der Waals surface area (Å²) in [5.41, 5.74) is 0. The maximum atomic E-state index is 13.2. The topological polar surface area (TPSA) is 95.9 Å². The van der Waals surface area contributed by atoms with E-state index in [4.69, 9.17) is 4.74 Å². The molecule has 354 valence electrons. The van der Waals surface area contributed by atoms with Crippen molar-refractivity contribution >= 4 is 11.9 Å². The molecule has 1 amide bonds. The molecular weight excluding hydrogens is 755 g/mol. The summed E-state index contributed by atoms with van der Waals surface area (Å²) in [4.78, 5) is 26.1. The highest BCUT2D eigenvalue weighted by molar-refractivity contribution is 5.77. The highest BCUT2D eigenvalue weighted by atomic mass is 16.5.